The summed E-state index contributed by atoms with van der Waals surface area (Å²) in [4.78, 5) is 2.42. The molecule has 2 fully saturated rings. The highest BCUT2D eigenvalue weighted by atomic mass is 35.5. The minimum absolute atomic E-state index is 0.179. The Morgan fingerprint density at radius 3 is 2.48 bits per heavy atom. The van der Waals surface area contributed by atoms with Gasteiger partial charge in [-0.15, -0.1) is 0 Å². The van der Waals surface area contributed by atoms with E-state index in [1.54, 1.807) is 6.07 Å². The van der Waals surface area contributed by atoms with Crippen LogP contribution >= 0.6 is 23.8 Å². The predicted octanol–water partition coefficient (Wildman–Crippen LogP) is 0.810. The number of hydrogen-bond donors (Lipinski definition) is 2. The zero-order valence-electron chi connectivity index (χ0n) is 15.1. The third-order valence-corrected chi connectivity index (χ3v) is 6.97. The second-order valence-corrected chi connectivity index (χ2v) is 9.27. The molecular weight excluding hydrogens is 410 g/mol. The first-order valence-corrected chi connectivity index (χ1v) is 11.0. The lowest BCUT2D eigenvalue weighted by atomic mass is 10.3. The van der Waals surface area contributed by atoms with E-state index in [1.165, 1.54) is 16.4 Å². The normalized spacial score (nSPS) is 20.4. The number of thiocarbonyl (C=S) groups is 1. The molecule has 0 unspecified atom stereocenters. The molecular formula is C16H24ClN5O3S2. The number of ether oxygens (including phenoxy) is 1. The molecule has 2 N–H and O–H groups in total. The van der Waals surface area contributed by atoms with Crippen LogP contribution < -0.4 is 10.7 Å². The van der Waals surface area contributed by atoms with Crippen molar-refractivity contribution in [2.75, 3.05) is 64.8 Å². The first kappa shape index (κ1) is 20.7. The standard InChI is InChI=1S/C16H24ClN5O3S2/c1-20-4-6-21(7-5-20)19-16(26)18-15-12-13(2-3-14(15)17)27(23,24)22-8-10-25-11-9-22/h2-3,12H,4-11H2,1H3,(H2,18,19,26). The highest BCUT2D eigenvalue weighted by Crippen LogP contribution is 2.27. The Labute approximate surface area is 170 Å². The van der Waals surface area contributed by atoms with Gasteiger partial charge in [0.25, 0.3) is 0 Å². The van der Waals surface area contributed by atoms with Crippen LogP contribution in [0.3, 0.4) is 0 Å². The maximum atomic E-state index is 12.8. The summed E-state index contributed by atoms with van der Waals surface area (Å²) in [5, 5.41) is 5.81. The van der Waals surface area contributed by atoms with Gasteiger partial charge in [0.05, 0.1) is 28.8 Å². The molecule has 1 aromatic carbocycles. The van der Waals surface area contributed by atoms with Crippen molar-refractivity contribution >= 4 is 44.6 Å². The van der Waals surface area contributed by atoms with Gasteiger partial charge in [-0.1, -0.05) is 11.6 Å². The van der Waals surface area contributed by atoms with Gasteiger partial charge in [0.2, 0.25) is 10.0 Å². The highest BCUT2D eigenvalue weighted by molar-refractivity contribution is 7.89. The molecule has 3 rings (SSSR count). The molecule has 150 valence electrons. The van der Waals surface area contributed by atoms with Gasteiger partial charge in [-0.05, 0) is 37.5 Å². The molecule has 2 aliphatic heterocycles. The number of morpholine rings is 1. The number of likely N-dealkylation sites (N-methyl/N-ethyl adjacent to an activating group) is 1. The average molecular weight is 434 g/mol. The lowest BCUT2D eigenvalue weighted by molar-refractivity contribution is 0.0730. The molecule has 2 saturated heterocycles. The maximum absolute atomic E-state index is 12.8. The van der Waals surface area contributed by atoms with E-state index in [4.69, 9.17) is 28.6 Å². The van der Waals surface area contributed by atoms with Crippen LogP contribution in [0.2, 0.25) is 5.02 Å². The second-order valence-electron chi connectivity index (χ2n) is 6.51. The molecule has 0 aromatic heterocycles. The molecule has 0 atom stereocenters. The lowest BCUT2D eigenvalue weighted by Gasteiger charge is -2.33. The van der Waals surface area contributed by atoms with E-state index in [9.17, 15) is 8.42 Å². The van der Waals surface area contributed by atoms with Crippen molar-refractivity contribution in [1.82, 2.24) is 19.6 Å². The topological polar surface area (TPSA) is 77.2 Å². The second kappa shape index (κ2) is 8.99. The maximum Gasteiger partial charge on any atom is 0.243 e. The van der Waals surface area contributed by atoms with E-state index in [0.29, 0.717) is 42.1 Å². The lowest BCUT2D eigenvalue weighted by Crippen LogP contribution is -2.53. The number of nitrogens with zero attached hydrogens (tertiary/aromatic N) is 3. The van der Waals surface area contributed by atoms with E-state index in [0.717, 1.165) is 26.2 Å². The largest absolute Gasteiger partial charge is 0.379 e. The third-order valence-electron chi connectivity index (χ3n) is 4.56. The number of anilines is 1. The van der Waals surface area contributed by atoms with E-state index in [1.807, 2.05) is 5.01 Å². The van der Waals surface area contributed by atoms with Crippen LogP contribution in [0.4, 0.5) is 5.69 Å². The smallest absolute Gasteiger partial charge is 0.243 e. The van der Waals surface area contributed by atoms with Crippen LogP contribution in [0.1, 0.15) is 0 Å². The molecule has 11 heteroatoms. The summed E-state index contributed by atoms with van der Waals surface area (Å²) in [6, 6.07) is 4.59. The van der Waals surface area contributed by atoms with Gasteiger partial charge >= 0.3 is 0 Å². The highest BCUT2D eigenvalue weighted by Gasteiger charge is 2.27. The summed E-state index contributed by atoms with van der Waals surface area (Å²) < 4.78 is 32.3. The van der Waals surface area contributed by atoms with Gasteiger partial charge in [-0.25, -0.2) is 13.4 Å². The van der Waals surface area contributed by atoms with Crippen molar-refractivity contribution < 1.29 is 13.2 Å². The number of hydrogen-bond acceptors (Lipinski definition) is 6. The third kappa shape index (κ3) is 5.29. The molecule has 0 spiro atoms. The van der Waals surface area contributed by atoms with Gasteiger partial charge in [-0.2, -0.15) is 4.31 Å². The van der Waals surface area contributed by atoms with Crippen molar-refractivity contribution in [2.24, 2.45) is 0 Å². The fraction of sp³-hybridized carbons (Fsp3) is 0.562. The van der Waals surface area contributed by atoms with Crippen LogP contribution in [0.25, 0.3) is 0 Å². The molecule has 2 heterocycles. The van der Waals surface area contributed by atoms with Crippen molar-refractivity contribution in [3.63, 3.8) is 0 Å². The first-order chi connectivity index (χ1) is 12.9. The zero-order valence-corrected chi connectivity index (χ0v) is 17.5. The van der Waals surface area contributed by atoms with Crippen LogP contribution in [-0.4, -0.2) is 87.3 Å². The quantitative estimate of drug-likeness (QED) is 0.675. The molecule has 2 aliphatic rings. The van der Waals surface area contributed by atoms with E-state index < -0.39 is 10.0 Å². The Bertz CT molecular complexity index is 778. The van der Waals surface area contributed by atoms with Gasteiger partial charge in [0.15, 0.2) is 5.11 Å². The molecule has 0 bridgehead atoms. The van der Waals surface area contributed by atoms with Crippen LogP contribution in [-0.2, 0) is 14.8 Å². The zero-order chi connectivity index (χ0) is 19.4. The molecule has 27 heavy (non-hydrogen) atoms. The first-order valence-electron chi connectivity index (χ1n) is 8.75. The number of rotatable bonds is 4. The monoisotopic (exact) mass is 433 g/mol. The Balaban J connectivity index is 1.68. The summed E-state index contributed by atoms with van der Waals surface area (Å²) in [6.07, 6.45) is 0. The molecule has 0 saturated carbocycles. The van der Waals surface area contributed by atoms with Crippen LogP contribution in [0, 0.1) is 0 Å². The Morgan fingerprint density at radius 1 is 1.15 bits per heavy atom. The summed E-state index contributed by atoms with van der Waals surface area (Å²) >= 11 is 11.6. The van der Waals surface area contributed by atoms with Gasteiger partial charge in [0.1, 0.15) is 0 Å². The number of halogens is 1. The molecule has 0 radical (unpaired) electrons. The molecule has 0 aliphatic carbocycles. The Kier molecular flexibility index (Phi) is 6.90. The number of sulfonamides is 1. The summed E-state index contributed by atoms with van der Waals surface area (Å²) in [6.45, 7) is 5.07. The van der Waals surface area contributed by atoms with Gasteiger partial charge in [0, 0.05) is 39.3 Å². The summed E-state index contributed by atoms with van der Waals surface area (Å²) in [5.41, 5.74) is 3.58. The Hall–Kier alpha value is -1.01. The fourth-order valence-electron chi connectivity index (χ4n) is 2.91. The molecule has 1 aromatic rings. The SMILES string of the molecule is CN1CCN(NC(=S)Nc2cc(S(=O)(=O)N3CCOCC3)ccc2Cl)CC1. The Morgan fingerprint density at radius 2 is 1.81 bits per heavy atom. The van der Waals surface area contributed by atoms with E-state index in [2.05, 4.69) is 22.7 Å². The number of hydrazine groups is 1. The van der Waals surface area contributed by atoms with Crippen molar-refractivity contribution in [3.8, 4) is 0 Å². The number of nitrogens with one attached hydrogen (secondary N) is 2. The van der Waals surface area contributed by atoms with Crippen molar-refractivity contribution in [3.05, 3.63) is 23.2 Å². The van der Waals surface area contributed by atoms with E-state index in [-0.39, 0.29) is 4.90 Å². The van der Waals surface area contributed by atoms with Gasteiger partial charge < -0.3 is 15.0 Å². The fourth-order valence-corrected chi connectivity index (χ4v) is 4.75. The summed E-state index contributed by atoms with van der Waals surface area (Å²) in [7, 11) is -1.52. The number of benzene rings is 1. The minimum Gasteiger partial charge on any atom is -0.379 e. The predicted molar refractivity (Wildman–Crippen MR) is 109 cm³/mol. The van der Waals surface area contributed by atoms with E-state index >= 15 is 0 Å². The molecule has 8 nitrogen and oxygen atoms in total. The van der Waals surface area contributed by atoms with Gasteiger partial charge in [-0.3, -0.25) is 5.43 Å². The average Bonchev–Trinajstić information content (AvgIpc) is 2.66. The minimum atomic E-state index is -3.60. The van der Waals surface area contributed by atoms with Crippen molar-refractivity contribution in [2.45, 2.75) is 4.90 Å². The summed E-state index contributed by atoms with van der Waals surface area (Å²) in [5.74, 6) is 0. The van der Waals surface area contributed by atoms with Crippen LogP contribution in [0.5, 0.6) is 0 Å². The number of piperazine rings is 1. The van der Waals surface area contributed by atoms with Crippen LogP contribution in [0.15, 0.2) is 23.1 Å². The molecule has 0 amide bonds. The van der Waals surface area contributed by atoms with Crippen molar-refractivity contribution in [1.29, 1.82) is 0 Å².